The van der Waals surface area contributed by atoms with E-state index in [1.165, 1.54) is 44.1 Å². The monoisotopic (exact) mass is 231 g/mol. The van der Waals surface area contributed by atoms with Gasteiger partial charge in [0.25, 0.3) is 0 Å². The number of benzene rings is 1. The van der Waals surface area contributed by atoms with Crippen LogP contribution in [-0.4, -0.2) is 5.54 Å². The Morgan fingerprint density at radius 1 is 1.12 bits per heavy atom. The number of rotatable bonds is 4. The fourth-order valence-corrected chi connectivity index (χ4v) is 3.19. The average Bonchev–Trinajstić information content (AvgIpc) is 2.30. The van der Waals surface area contributed by atoms with Gasteiger partial charge in [0.2, 0.25) is 0 Å². The molecule has 0 radical (unpaired) electrons. The molecule has 1 fully saturated rings. The van der Waals surface area contributed by atoms with Gasteiger partial charge in [-0.05, 0) is 31.2 Å². The molecule has 1 atom stereocenters. The van der Waals surface area contributed by atoms with Crippen LogP contribution in [-0.2, 0) is 6.42 Å². The summed E-state index contributed by atoms with van der Waals surface area (Å²) in [7, 11) is 0. The van der Waals surface area contributed by atoms with Crippen molar-refractivity contribution >= 4 is 0 Å². The number of hydrogen-bond donors (Lipinski definition) is 1. The Morgan fingerprint density at radius 3 is 2.41 bits per heavy atom. The quantitative estimate of drug-likeness (QED) is 0.835. The second kappa shape index (κ2) is 5.68. The van der Waals surface area contributed by atoms with Crippen LogP contribution in [0.15, 0.2) is 30.3 Å². The second-order valence-electron chi connectivity index (χ2n) is 6.02. The molecule has 0 aliphatic heterocycles. The standard InChI is InChI=1S/C16H25N/c1-16(17,12-14-8-4-2-5-9-14)13-15-10-6-3-7-11-15/h2,4-5,8-9,15H,3,6-7,10-13,17H2,1H3. The van der Waals surface area contributed by atoms with Crippen LogP contribution in [0.1, 0.15) is 51.0 Å². The summed E-state index contributed by atoms with van der Waals surface area (Å²) >= 11 is 0. The molecule has 0 aromatic heterocycles. The Balaban J connectivity index is 1.89. The summed E-state index contributed by atoms with van der Waals surface area (Å²) in [6.07, 6.45) is 9.21. The van der Waals surface area contributed by atoms with Crippen molar-refractivity contribution in [2.24, 2.45) is 11.7 Å². The first kappa shape index (κ1) is 12.6. The van der Waals surface area contributed by atoms with Crippen molar-refractivity contribution in [1.82, 2.24) is 0 Å². The van der Waals surface area contributed by atoms with Gasteiger partial charge < -0.3 is 5.73 Å². The third-order valence-electron chi connectivity index (χ3n) is 3.93. The molecule has 17 heavy (non-hydrogen) atoms. The van der Waals surface area contributed by atoms with Gasteiger partial charge in [0.15, 0.2) is 0 Å². The molecule has 0 bridgehead atoms. The Hall–Kier alpha value is -0.820. The van der Waals surface area contributed by atoms with Crippen LogP contribution in [0.3, 0.4) is 0 Å². The van der Waals surface area contributed by atoms with Gasteiger partial charge in [-0.3, -0.25) is 0 Å². The first-order valence-corrected chi connectivity index (χ1v) is 6.98. The minimum Gasteiger partial charge on any atom is -0.325 e. The van der Waals surface area contributed by atoms with Crippen LogP contribution in [0.25, 0.3) is 0 Å². The normalized spacial score (nSPS) is 21.1. The fourth-order valence-electron chi connectivity index (χ4n) is 3.19. The van der Waals surface area contributed by atoms with Gasteiger partial charge in [0, 0.05) is 5.54 Å². The summed E-state index contributed by atoms with van der Waals surface area (Å²) in [5, 5.41) is 0. The Bertz CT molecular complexity index is 323. The van der Waals surface area contributed by atoms with E-state index >= 15 is 0 Å². The van der Waals surface area contributed by atoms with E-state index in [0.29, 0.717) is 0 Å². The first-order chi connectivity index (χ1) is 8.16. The zero-order valence-corrected chi connectivity index (χ0v) is 11.0. The molecule has 2 rings (SSSR count). The summed E-state index contributed by atoms with van der Waals surface area (Å²) < 4.78 is 0. The van der Waals surface area contributed by atoms with Crippen LogP contribution < -0.4 is 5.73 Å². The van der Waals surface area contributed by atoms with Crippen molar-refractivity contribution in [2.75, 3.05) is 0 Å². The average molecular weight is 231 g/mol. The van der Waals surface area contributed by atoms with Crippen LogP contribution in [0.4, 0.5) is 0 Å². The number of hydrogen-bond acceptors (Lipinski definition) is 1. The molecule has 1 aromatic carbocycles. The molecule has 1 aliphatic carbocycles. The molecular formula is C16H25N. The van der Waals surface area contributed by atoms with Gasteiger partial charge in [0.1, 0.15) is 0 Å². The van der Waals surface area contributed by atoms with E-state index in [1.807, 2.05) is 0 Å². The predicted octanol–water partition coefficient (Wildman–Crippen LogP) is 3.92. The maximum absolute atomic E-state index is 6.48. The molecule has 2 N–H and O–H groups in total. The number of nitrogens with two attached hydrogens (primary N) is 1. The fraction of sp³-hybridized carbons (Fsp3) is 0.625. The van der Waals surface area contributed by atoms with Crippen LogP contribution in [0.2, 0.25) is 0 Å². The van der Waals surface area contributed by atoms with Crippen LogP contribution >= 0.6 is 0 Å². The van der Waals surface area contributed by atoms with Crippen LogP contribution in [0.5, 0.6) is 0 Å². The van der Waals surface area contributed by atoms with Gasteiger partial charge in [-0.25, -0.2) is 0 Å². The van der Waals surface area contributed by atoms with E-state index in [9.17, 15) is 0 Å². The molecule has 0 spiro atoms. The van der Waals surface area contributed by atoms with Crippen molar-refractivity contribution in [3.8, 4) is 0 Å². The molecule has 1 heteroatoms. The highest BCUT2D eigenvalue weighted by Gasteiger charge is 2.25. The molecule has 1 unspecified atom stereocenters. The zero-order chi connectivity index (χ0) is 12.1. The maximum atomic E-state index is 6.48. The highest BCUT2D eigenvalue weighted by atomic mass is 14.7. The lowest BCUT2D eigenvalue weighted by Gasteiger charge is -2.32. The molecule has 1 aromatic rings. The third-order valence-corrected chi connectivity index (χ3v) is 3.93. The van der Waals surface area contributed by atoms with E-state index in [1.54, 1.807) is 0 Å². The summed E-state index contributed by atoms with van der Waals surface area (Å²) in [5.41, 5.74) is 7.81. The van der Waals surface area contributed by atoms with Gasteiger partial charge >= 0.3 is 0 Å². The van der Waals surface area contributed by atoms with E-state index < -0.39 is 0 Å². The van der Waals surface area contributed by atoms with Gasteiger partial charge in [-0.15, -0.1) is 0 Å². The summed E-state index contributed by atoms with van der Waals surface area (Å²) in [6, 6.07) is 10.6. The summed E-state index contributed by atoms with van der Waals surface area (Å²) in [4.78, 5) is 0. The van der Waals surface area contributed by atoms with Crippen molar-refractivity contribution in [2.45, 2.75) is 57.4 Å². The van der Waals surface area contributed by atoms with Gasteiger partial charge in [-0.2, -0.15) is 0 Å². The van der Waals surface area contributed by atoms with Crippen molar-refractivity contribution < 1.29 is 0 Å². The SMILES string of the molecule is CC(N)(Cc1ccccc1)CC1CCCCC1. The van der Waals surface area contributed by atoms with Gasteiger partial charge in [-0.1, -0.05) is 62.4 Å². The molecule has 1 nitrogen and oxygen atoms in total. The molecule has 94 valence electrons. The van der Waals surface area contributed by atoms with E-state index in [2.05, 4.69) is 37.3 Å². The molecule has 0 amide bonds. The topological polar surface area (TPSA) is 26.0 Å². The summed E-state index contributed by atoms with van der Waals surface area (Å²) in [6.45, 7) is 2.22. The van der Waals surface area contributed by atoms with Crippen LogP contribution in [0, 0.1) is 5.92 Å². The molecule has 0 heterocycles. The second-order valence-corrected chi connectivity index (χ2v) is 6.02. The van der Waals surface area contributed by atoms with Crippen molar-refractivity contribution in [3.63, 3.8) is 0 Å². The minimum absolute atomic E-state index is 0.0383. The van der Waals surface area contributed by atoms with E-state index in [0.717, 1.165) is 12.3 Å². The minimum atomic E-state index is -0.0383. The zero-order valence-electron chi connectivity index (χ0n) is 11.0. The molecule has 0 saturated heterocycles. The summed E-state index contributed by atoms with van der Waals surface area (Å²) in [5.74, 6) is 0.863. The van der Waals surface area contributed by atoms with Gasteiger partial charge in [0.05, 0.1) is 0 Å². The highest BCUT2D eigenvalue weighted by molar-refractivity contribution is 5.17. The highest BCUT2D eigenvalue weighted by Crippen LogP contribution is 2.30. The van der Waals surface area contributed by atoms with Crippen molar-refractivity contribution in [3.05, 3.63) is 35.9 Å². The predicted molar refractivity (Wildman–Crippen MR) is 73.9 cm³/mol. The Kier molecular flexibility index (Phi) is 4.22. The molecular weight excluding hydrogens is 206 g/mol. The lowest BCUT2D eigenvalue weighted by molar-refractivity contribution is 0.268. The maximum Gasteiger partial charge on any atom is 0.0169 e. The Labute approximate surface area is 105 Å². The van der Waals surface area contributed by atoms with E-state index in [4.69, 9.17) is 5.73 Å². The lowest BCUT2D eigenvalue weighted by Crippen LogP contribution is -2.40. The first-order valence-electron chi connectivity index (χ1n) is 6.98. The molecule has 1 aliphatic rings. The lowest BCUT2D eigenvalue weighted by atomic mass is 9.78. The largest absolute Gasteiger partial charge is 0.325 e. The smallest absolute Gasteiger partial charge is 0.0169 e. The third kappa shape index (κ3) is 4.16. The van der Waals surface area contributed by atoms with Crippen molar-refractivity contribution in [1.29, 1.82) is 0 Å². The Morgan fingerprint density at radius 2 is 1.76 bits per heavy atom. The molecule has 1 saturated carbocycles. The van der Waals surface area contributed by atoms with E-state index in [-0.39, 0.29) is 5.54 Å².